The number of hydrazine groups is 1. The lowest BCUT2D eigenvalue weighted by Crippen LogP contribution is -2.55. The molecule has 5 nitrogen and oxygen atoms in total. The van der Waals surface area contributed by atoms with Crippen molar-refractivity contribution in [1.29, 1.82) is 0 Å². The molecule has 1 unspecified atom stereocenters. The number of allylic oxidation sites excluding steroid dienone is 3. The van der Waals surface area contributed by atoms with Crippen molar-refractivity contribution >= 4 is 0 Å². The number of fused-ring (bicyclic) bond motifs is 1. The lowest BCUT2D eigenvalue weighted by Gasteiger charge is -2.32. The van der Waals surface area contributed by atoms with E-state index < -0.39 is 5.66 Å². The third-order valence-corrected chi connectivity index (χ3v) is 3.68. The van der Waals surface area contributed by atoms with Crippen LogP contribution in [0.3, 0.4) is 0 Å². The molecule has 0 aliphatic carbocycles. The van der Waals surface area contributed by atoms with Crippen LogP contribution >= 0.6 is 0 Å². The van der Waals surface area contributed by atoms with E-state index in [4.69, 9.17) is 5.73 Å². The van der Waals surface area contributed by atoms with Gasteiger partial charge in [0.1, 0.15) is 5.66 Å². The van der Waals surface area contributed by atoms with Crippen molar-refractivity contribution in [2.24, 2.45) is 5.73 Å². The topological polar surface area (TPSA) is 56.6 Å². The van der Waals surface area contributed by atoms with Gasteiger partial charge < -0.3 is 16.0 Å². The number of nitrogens with zero attached hydrogens (tertiary/aromatic N) is 2. The summed E-state index contributed by atoms with van der Waals surface area (Å²) in [7, 11) is 0. The molecular weight excluding hydrogens is 226 g/mol. The summed E-state index contributed by atoms with van der Waals surface area (Å²) in [6, 6.07) is 0. The van der Waals surface area contributed by atoms with Gasteiger partial charge in [-0.05, 0) is 24.6 Å². The normalized spacial score (nSPS) is 31.6. The molecule has 3 rings (SSSR count). The van der Waals surface area contributed by atoms with E-state index in [1.807, 2.05) is 23.4 Å². The van der Waals surface area contributed by atoms with Gasteiger partial charge in [-0.25, -0.2) is 5.43 Å². The van der Waals surface area contributed by atoms with Crippen molar-refractivity contribution in [2.75, 3.05) is 32.7 Å². The second-order valence-electron chi connectivity index (χ2n) is 5.13. The maximum Gasteiger partial charge on any atom is 0.107 e. The fourth-order valence-corrected chi connectivity index (χ4v) is 2.60. The monoisotopic (exact) mass is 247 g/mol. The highest BCUT2D eigenvalue weighted by Gasteiger charge is 2.32. The fourth-order valence-electron chi connectivity index (χ4n) is 2.60. The van der Waals surface area contributed by atoms with Crippen LogP contribution in [0.15, 0.2) is 36.2 Å². The summed E-state index contributed by atoms with van der Waals surface area (Å²) in [5.41, 5.74) is 10.5. The van der Waals surface area contributed by atoms with E-state index in [0.29, 0.717) is 0 Å². The van der Waals surface area contributed by atoms with Crippen LogP contribution in [-0.2, 0) is 0 Å². The Morgan fingerprint density at radius 2 is 2.11 bits per heavy atom. The van der Waals surface area contributed by atoms with Gasteiger partial charge in [-0.1, -0.05) is 6.08 Å². The van der Waals surface area contributed by atoms with E-state index in [1.54, 1.807) is 0 Å². The second kappa shape index (κ2) is 4.85. The van der Waals surface area contributed by atoms with Crippen LogP contribution in [0.5, 0.6) is 0 Å². The summed E-state index contributed by atoms with van der Waals surface area (Å²) < 4.78 is 0. The van der Waals surface area contributed by atoms with Crippen molar-refractivity contribution in [1.82, 2.24) is 20.7 Å². The summed E-state index contributed by atoms with van der Waals surface area (Å²) in [6.07, 6.45) is 11.2. The molecule has 0 amide bonds. The highest BCUT2D eigenvalue weighted by atomic mass is 15.6. The van der Waals surface area contributed by atoms with Gasteiger partial charge >= 0.3 is 0 Å². The Bertz CT molecular complexity index is 394. The second-order valence-corrected chi connectivity index (χ2v) is 5.13. The fraction of sp³-hybridized carbons (Fsp3) is 0.538. The number of nitrogens with two attached hydrogens (primary N) is 1. The summed E-state index contributed by atoms with van der Waals surface area (Å²) in [6.45, 7) is 5.45. The van der Waals surface area contributed by atoms with Crippen molar-refractivity contribution < 1.29 is 0 Å². The SMILES string of the molecule is NC1(CCN2CCNCC2)C=C2C=CC=CN2N1. The van der Waals surface area contributed by atoms with E-state index in [-0.39, 0.29) is 0 Å². The molecule has 1 fully saturated rings. The lowest BCUT2D eigenvalue weighted by molar-refractivity contribution is 0.194. The van der Waals surface area contributed by atoms with Gasteiger partial charge in [-0.15, -0.1) is 0 Å². The zero-order valence-electron chi connectivity index (χ0n) is 10.6. The van der Waals surface area contributed by atoms with Crippen LogP contribution in [-0.4, -0.2) is 48.3 Å². The third-order valence-electron chi connectivity index (χ3n) is 3.68. The van der Waals surface area contributed by atoms with E-state index >= 15 is 0 Å². The van der Waals surface area contributed by atoms with Crippen molar-refractivity contribution in [3.05, 3.63) is 36.2 Å². The molecule has 5 heteroatoms. The first kappa shape index (κ1) is 11.9. The molecule has 3 aliphatic rings. The molecule has 0 saturated carbocycles. The van der Waals surface area contributed by atoms with Gasteiger partial charge in [-0.3, -0.25) is 5.01 Å². The van der Waals surface area contributed by atoms with Gasteiger partial charge in [0.05, 0.1) is 5.70 Å². The average molecular weight is 247 g/mol. The Hall–Kier alpha value is -1.14. The molecule has 0 aromatic carbocycles. The molecule has 0 bridgehead atoms. The van der Waals surface area contributed by atoms with Crippen molar-refractivity contribution in [3.63, 3.8) is 0 Å². The summed E-state index contributed by atoms with van der Waals surface area (Å²) in [5, 5.41) is 5.36. The maximum absolute atomic E-state index is 6.40. The standard InChI is InChI=1S/C13H21N5/c14-13(4-8-17-9-5-15-6-10-17)11-12-3-1-2-7-18(12)16-13/h1-3,7,11,15-16H,4-6,8-10,14H2. The minimum Gasteiger partial charge on any atom is -0.314 e. The number of hydrogen-bond donors (Lipinski definition) is 3. The molecule has 1 saturated heterocycles. The van der Waals surface area contributed by atoms with Crippen LogP contribution in [0.4, 0.5) is 0 Å². The Kier molecular flexibility index (Phi) is 3.22. The van der Waals surface area contributed by atoms with Crippen LogP contribution in [0.25, 0.3) is 0 Å². The predicted molar refractivity (Wildman–Crippen MR) is 72.2 cm³/mol. The van der Waals surface area contributed by atoms with Crippen LogP contribution < -0.4 is 16.5 Å². The van der Waals surface area contributed by atoms with Gasteiger partial charge in [0.25, 0.3) is 0 Å². The Morgan fingerprint density at radius 1 is 1.28 bits per heavy atom. The van der Waals surface area contributed by atoms with E-state index in [1.165, 1.54) is 0 Å². The molecule has 3 heterocycles. The van der Waals surface area contributed by atoms with E-state index in [0.717, 1.165) is 44.8 Å². The molecule has 18 heavy (non-hydrogen) atoms. The van der Waals surface area contributed by atoms with Crippen molar-refractivity contribution in [2.45, 2.75) is 12.1 Å². The summed E-state index contributed by atoms with van der Waals surface area (Å²) in [5.74, 6) is 0. The zero-order valence-corrected chi connectivity index (χ0v) is 10.6. The maximum atomic E-state index is 6.40. The first-order chi connectivity index (χ1) is 8.75. The Balaban J connectivity index is 1.57. The minimum absolute atomic E-state index is 0.417. The Labute approximate surface area is 108 Å². The zero-order chi connectivity index (χ0) is 12.4. The highest BCUT2D eigenvalue weighted by molar-refractivity contribution is 5.33. The number of nitrogens with one attached hydrogen (secondary N) is 2. The Morgan fingerprint density at radius 3 is 2.89 bits per heavy atom. The largest absolute Gasteiger partial charge is 0.314 e. The molecule has 0 aromatic rings. The molecule has 0 spiro atoms. The van der Waals surface area contributed by atoms with Gasteiger partial charge in [-0.2, -0.15) is 0 Å². The first-order valence-electron chi connectivity index (χ1n) is 6.62. The smallest absolute Gasteiger partial charge is 0.107 e. The molecule has 0 aromatic heterocycles. The van der Waals surface area contributed by atoms with E-state index in [9.17, 15) is 0 Å². The molecule has 98 valence electrons. The van der Waals surface area contributed by atoms with Crippen LogP contribution in [0, 0.1) is 0 Å². The van der Waals surface area contributed by atoms with Gasteiger partial charge in [0.15, 0.2) is 0 Å². The molecule has 1 atom stereocenters. The number of piperazine rings is 1. The number of rotatable bonds is 3. The van der Waals surface area contributed by atoms with E-state index in [2.05, 4.69) is 27.8 Å². The third kappa shape index (κ3) is 2.49. The predicted octanol–water partition coefficient (Wildman–Crippen LogP) is -0.276. The minimum atomic E-state index is -0.417. The summed E-state index contributed by atoms with van der Waals surface area (Å²) >= 11 is 0. The van der Waals surface area contributed by atoms with Gasteiger partial charge in [0, 0.05) is 38.9 Å². The van der Waals surface area contributed by atoms with Crippen LogP contribution in [0.2, 0.25) is 0 Å². The molecule has 3 aliphatic heterocycles. The number of hydrogen-bond acceptors (Lipinski definition) is 5. The molecular formula is C13H21N5. The van der Waals surface area contributed by atoms with Gasteiger partial charge in [0.2, 0.25) is 0 Å². The van der Waals surface area contributed by atoms with Crippen molar-refractivity contribution in [3.8, 4) is 0 Å². The quantitative estimate of drug-likeness (QED) is 0.641. The average Bonchev–Trinajstić information content (AvgIpc) is 2.74. The van der Waals surface area contributed by atoms with Crippen LogP contribution in [0.1, 0.15) is 6.42 Å². The highest BCUT2D eigenvalue weighted by Crippen LogP contribution is 2.23. The lowest BCUT2D eigenvalue weighted by atomic mass is 10.1. The molecule has 4 N–H and O–H groups in total. The molecule has 0 radical (unpaired) electrons. The summed E-state index contributed by atoms with van der Waals surface area (Å²) in [4.78, 5) is 2.47. The first-order valence-corrected chi connectivity index (χ1v) is 6.62.